The fourth-order valence-electron chi connectivity index (χ4n) is 13.0. The highest BCUT2D eigenvalue weighted by Crippen LogP contribution is 2.53. The van der Waals surface area contributed by atoms with Crippen LogP contribution >= 0.6 is 0 Å². The largest absolute Gasteiger partial charge is 0.309 e. The van der Waals surface area contributed by atoms with Gasteiger partial charge in [-0.25, -0.2) is 0 Å². The SMILES string of the molecule is Cc1ccc(-c2cc(C(C)C)ccc2N(c2ccccc2)c2ccc3c4cc5c(cc4n4c6ccccc6c2c34)c2ccc(N(c3ccccc3)c3ccc(C(C)C)cc3-c3ccc(C)cc3)c3c4ccccc4n5c23)cc1. The minimum Gasteiger partial charge on any atom is -0.309 e. The lowest BCUT2D eigenvalue weighted by Crippen LogP contribution is -2.12. The van der Waals surface area contributed by atoms with E-state index in [1.54, 1.807) is 0 Å². The molecule has 78 heavy (non-hydrogen) atoms. The van der Waals surface area contributed by atoms with Crippen molar-refractivity contribution in [3.05, 3.63) is 253 Å². The molecule has 4 heteroatoms. The van der Waals surface area contributed by atoms with Crippen LogP contribution in [0.1, 0.15) is 61.8 Å². The second-order valence-corrected chi connectivity index (χ2v) is 22.2. The van der Waals surface area contributed by atoms with Crippen molar-refractivity contribution in [2.24, 2.45) is 0 Å². The van der Waals surface area contributed by atoms with E-state index in [9.17, 15) is 0 Å². The van der Waals surface area contributed by atoms with Crippen molar-refractivity contribution in [1.29, 1.82) is 0 Å². The van der Waals surface area contributed by atoms with Gasteiger partial charge in [0.15, 0.2) is 0 Å². The molecule has 0 unspecified atom stereocenters. The number of hydrogen-bond donors (Lipinski definition) is 0. The summed E-state index contributed by atoms with van der Waals surface area (Å²) in [5, 5.41) is 9.96. The van der Waals surface area contributed by atoms with Crippen LogP contribution in [-0.2, 0) is 0 Å². The van der Waals surface area contributed by atoms with Crippen molar-refractivity contribution < 1.29 is 0 Å². The number of benzene rings is 11. The lowest BCUT2D eigenvalue weighted by Gasteiger charge is -2.29. The maximum atomic E-state index is 2.56. The van der Waals surface area contributed by atoms with Crippen LogP contribution in [0.5, 0.6) is 0 Å². The van der Waals surface area contributed by atoms with Crippen LogP contribution in [0.25, 0.3) is 98.4 Å². The highest BCUT2D eigenvalue weighted by Gasteiger charge is 2.29. The quantitative estimate of drug-likeness (QED) is 0.136. The van der Waals surface area contributed by atoms with Crippen LogP contribution in [0.15, 0.2) is 231 Å². The highest BCUT2D eigenvalue weighted by atomic mass is 15.2. The van der Waals surface area contributed by atoms with E-state index in [1.165, 1.54) is 121 Å². The van der Waals surface area contributed by atoms with Crippen LogP contribution in [0, 0.1) is 13.8 Å². The molecule has 0 aliphatic heterocycles. The zero-order valence-corrected chi connectivity index (χ0v) is 44.9. The molecule has 11 aromatic carbocycles. The summed E-state index contributed by atoms with van der Waals surface area (Å²) in [5.41, 5.74) is 24.2. The molecule has 0 bridgehead atoms. The molecular formula is C74H58N4. The molecule has 0 spiro atoms. The Bertz CT molecular complexity index is 4480. The van der Waals surface area contributed by atoms with E-state index in [4.69, 9.17) is 0 Å². The molecule has 0 amide bonds. The first-order valence-electron chi connectivity index (χ1n) is 27.6. The second-order valence-electron chi connectivity index (χ2n) is 22.2. The van der Waals surface area contributed by atoms with Gasteiger partial charge in [-0.05, 0) is 133 Å². The Labute approximate surface area is 454 Å². The van der Waals surface area contributed by atoms with Gasteiger partial charge in [-0.3, -0.25) is 0 Å². The van der Waals surface area contributed by atoms with Crippen LogP contribution < -0.4 is 9.80 Å². The Kier molecular flexibility index (Phi) is 10.4. The molecule has 0 radical (unpaired) electrons. The predicted octanol–water partition coefficient (Wildman–Crippen LogP) is 21.1. The summed E-state index contributed by atoms with van der Waals surface area (Å²) in [7, 11) is 0. The van der Waals surface area contributed by atoms with Crippen molar-refractivity contribution in [2.45, 2.75) is 53.4 Å². The molecule has 374 valence electrons. The van der Waals surface area contributed by atoms with Crippen molar-refractivity contribution in [1.82, 2.24) is 8.80 Å². The number of nitrogens with zero attached hydrogens (tertiary/aromatic N) is 4. The van der Waals surface area contributed by atoms with E-state index in [0.29, 0.717) is 11.8 Å². The van der Waals surface area contributed by atoms with Gasteiger partial charge in [-0.1, -0.05) is 184 Å². The Morgan fingerprint density at radius 2 is 0.679 bits per heavy atom. The molecule has 4 aromatic heterocycles. The second kappa shape index (κ2) is 17.6. The van der Waals surface area contributed by atoms with Gasteiger partial charge >= 0.3 is 0 Å². The van der Waals surface area contributed by atoms with Crippen molar-refractivity contribution >= 4 is 110 Å². The van der Waals surface area contributed by atoms with Gasteiger partial charge in [0.05, 0.1) is 55.8 Å². The first-order chi connectivity index (χ1) is 38.2. The molecule has 0 aliphatic carbocycles. The zero-order valence-electron chi connectivity index (χ0n) is 44.9. The standard InChI is InChI=1S/C74H58N4/c1-45(2)51-33-37-65(59(41-51)49-29-25-47(5)26-30-49)75(53-17-9-7-10-18-53)67-39-35-55-61-43-70-62(44-69(61)77-63-23-15-13-21-57(63)71(67)73(55)77)56-36-40-68(72-58-22-14-16-24-64(58)78(70)74(56)72)76(54-19-11-8-12-20-54)66-38-34-52(46(3)4)42-60(66)50-31-27-48(6)28-32-50/h7-46H,1-6H3. The van der Waals surface area contributed by atoms with Gasteiger partial charge in [0.1, 0.15) is 0 Å². The molecule has 0 N–H and O–H groups in total. The number of aromatic nitrogens is 2. The molecule has 0 saturated heterocycles. The van der Waals surface area contributed by atoms with Crippen LogP contribution in [0.3, 0.4) is 0 Å². The monoisotopic (exact) mass is 1000 g/mol. The summed E-state index contributed by atoms with van der Waals surface area (Å²) in [4.78, 5) is 5.02. The third-order valence-electron chi connectivity index (χ3n) is 16.9. The number of rotatable bonds is 10. The maximum Gasteiger partial charge on any atom is 0.0641 e. The van der Waals surface area contributed by atoms with Gasteiger partial charge in [0.25, 0.3) is 0 Å². The number of aryl methyl sites for hydroxylation is 2. The van der Waals surface area contributed by atoms with Crippen molar-refractivity contribution in [2.75, 3.05) is 9.80 Å². The number of hydrogen-bond acceptors (Lipinski definition) is 2. The number of para-hydroxylation sites is 4. The van der Waals surface area contributed by atoms with Gasteiger partial charge in [0, 0.05) is 65.6 Å². The topological polar surface area (TPSA) is 15.3 Å². The van der Waals surface area contributed by atoms with Crippen LogP contribution in [-0.4, -0.2) is 8.80 Å². The molecule has 4 heterocycles. The Morgan fingerprint density at radius 1 is 0.308 bits per heavy atom. The minimum absolute atomic E-state index is 0.385. The van der Waals surface area contributed by atoms with E-state index >= 15 is 0 Å². The Morgan fingerprint density at radius 3 is 1.08 bits per heavy atom. The summed E-state index contributed by atoms with van der Waals surface area (Å²) < 4.78 is 5.12. The third-order valence-corrected chi connectivity index (χ3v) is 16.9. The lowest BCUT2D eigenvalue weighted by atomic mass is 9.94. The van der Waals surface area contributed by atoms with Gasteiger partial charge in [-0.15, -0.1) is 0 Å². The molecule has 0 atom stereocenters. The molecule has 15 aromatic rings. The average molecular weight is 1000 g/mol. The van der Waals surface area contributed by atoms with E-state index in [1.807, 2.05) is 0 Å². The van der Waals surface area contributed by atoms with Crippen molar-refractivity contribution in [3.8, 4) is 22.3 Å². The molecule has 15 rings (SSSR count). The zero-order chi connectivity index (χ0) is 52.5. The smallest absolute Gasteiger partial charge is 0.0641 e. The van der Waals surface area contributed by atoms with E-state index < -0.39 is 0 Å². The lowest BCUT2D eigenvalue weighted by molar-refractivity contribution is 0.867. The normalized spacial score (nSPS) is 12.2. The van der Waals surface area contributed by atoms with E-state index in [2.05, 4.69) is 291 Å². The molecule has 0 fully saturated rings. The van der Waals surface area contributed by atoms with Gasteiger partial charge in [0.2, 0.25) is 0 Å². The van der Waals surface area contributed by atoms with Crippen LogP contribution in [0.2, 0.25) is 0 Å². The average Bonchev–Trinajstić information content (AvgIpc) is 4.34. The number of anilines is 6. The van der Waals surface area contributed by atoms with Gasteiger partial charge in [-0.2, -0.15) is 0 Å². The first-order valence-corrected chi connectivity index (χ1v) is 27.6. The fraction of sp³-hybridized carbons (Fsp3) is 0.108. The van der Waals surface area contributed by atoms with Crippen molar-refractivity contribution in [3.63, 3.8) is 0 Å². The molecule has 0 aliphatic rings. The minimum atomic E-state index is 0.385. The van der Waals surface area contributed by atoms with Crippen LogP contribution in [0.4, 0.5) is 34.1 Å². The molecule has 4 nitrogen and oxygen atoms in total. The maximum absolute atomic E-state index is 2.56. The first kappa shape index (κ1) is 46.0. The highest BCUT2D eigenvalue weighted by molar-refractivity contribution is 6.32. The summed E-state index contributed by atoms with van der Waals surface area (Å²) in [5.74, 6) is 0.769. The summed E-state index contributed by atoms with van der Waals surface area (Å²) >= 11 is 0. The Hall–Kier alpha value is -9.38. The summed E-state index contributed by atoms with van der Waals surface area (Å²) in [6.07, 6.45) is 0. The van der Waals surface area contributed by atoms with E-state index in [0.717, 1.165) is 34.1 Å². The summed E-state index contributed by atoms with van der Waals surface area (Å²) in [6.45, 7) is 13.5. The number of fused-ring (bicyclic) bond motifs is 12. The molecular weight excluding hydrogens is 945 g/mol. The Balaban J connectivity index is 0.999. The fourth-order valence-corrected chi connectivity index (χ4v) is 13.0. The predicted molar refractivity (Wildman–Crippen MR) is 334 cm³/mol. The van der Waals surface area contributed by atoms with E-state index in [-0.39, 0.29) is 0 Å². The molecule has 0 saturated carbocycles. The third kappa shape index (κ3) is 6.85. The van der Waals surface area contributed by atoms with Gasteiger partial charge < -0.3 is 18.6 Å². The summed E-state index contributed by atoms with van der Waals surface area (Å²) in [6, 6.07) is 86.8.